The average molecular weight is 529 g/mol. The standard InChI is InChI=1S/C31H40N6O2/c32-17-25-26-18-33-11-8-24(26)29(35-30(25)39-21-31(9-10-31)20-36-12-14-38-15-13-36)37-19-23-6-7-27(34-23)28(37)16-22-4-2-1-3-5-22/h1-5,23,27-28,33-34H,6-16,18-21H2. The zero-order chi connectivity index (χ0) is 26.2. The van der Waals surface area contributed by atoms with Gasteiger partial charge in [0.1, 0.15) is 17.5 Å². The van der Waals surface area contributed by atoms with Crippen LogP contribution >= 0.6 is 0 Å². The van der Waals surface area contributed by atoms with Gasteiger partial charge in [-0.3, -0.25) is 4.90 Å². The fourth-order valence-corrected chi connectivity index (χ4v) is 7.20. The summed E-state index contributed by atoms with van der Waals surface area (Å²) >= 11 is 0. The van der Waals surface area contributed by atoms with Gasteiger partial charge in [-0.15, -0.1) is 0 Å². The van der Waals surface area contributed by atoms with Gasteiger partial charge in [0.25, 0.3) is 0 Å². The van der Waals surface area contributed by atoms with Gasteiger partial charge in [-0.05, 0) is 56.2 Å². The second kappa shape index (κ2) is 10.7. The summed E-state index contributed by atoms with van der Waals surface area (Å²) in [5.41, 5.74) is 4.49. The molecule has 1 aromatic carbocycles. The predicted octanol–water partition coefficient (Wildman–Crippen LogP) is 2.64. The highest BCUT2D eigenvalue weighted by atomic mass is 16.5. The third-order valence-corrected chi connectivity index (χ3v) is 9.58. The number of morpholine rings is 1. The van der Waals surface area contributed by atoms with E-state index in [-0.39, 0.29) is 5.41 Å². The zero-order valence-corrected chi connectivity index (χ0v) is 22.8. The Labute approximate surface area is 231 Å². The minimum atomic E-state index is 0.171. The highest BCUT2D eigenvalue weighted by Gasteiger charge is 2.46. The molecule has 4 fully saturated rings. The van der Waals surface area contributed by atoms with E-state index in [2.05, 4.69) is 56.8 Å². The largest absolute Gasteiger partial charge is 0.476 e. The molecule has 3 saturated heterocycles. The molecule has 7 rings (SSSR count). The number of piperazine rings is 1. The molecule has 2 N–H and O–H groups in total. The van der Waals surface area contributed by atoms with Crippen LogP contribution in [0.1, 0.15) is 47.9 Å². The molecule has 0 amide bonds. The van der Waals surface area contributed by atoms with Gasteiger partial charge >= 0.3 is 0 Å². The Morgan fingerprint density at radius 2 is 1.97 bits per heavy atom. The Morgan fingerprint density at radius 3 is 2.77 bits per heavy atom. The van der Waals surface area contributed by atoms with Crippen LogP contribution < -0.4 is 20.3 Å². The molecule has 5 aliphatic rings. The fraction of sp³-hybridized carbons (Fsp3) is 0.613. The maximum Gasteiger partial charge on any atom is 0.234 e. The van der Waals surface area contributed by atoms with E-state index in [1.165, 1.54) is 36.8 Å². The van der Waals surface area contributed by atoms with Crippen molar-refractivity contribution in [1.82, 2.24) is 20.5 Å². The Bertz CT molecular complexity index is 1220. The van der Waals surface area contributed by atoms with Crippen molar-refractivity contribution in [2.24, 2.45) is 5.41 Å². The van der Waals surface area contributed by atoms with Crippen LogP contribution in [0.4, 0.5) is 5.82 Å². The summed E-state index contributed by atoms with van der Waals surface area (Å²) in [4.78, 5) is 10.3. The molecule has 8 heteroatoms. The van der Waals surface area contributed by atoms with Gasteiger partial charge in [0.15, 0.2) is 0 Å². The first-order chi connectivity index (χ1) is 19.2. The molecule has 2 aromatic rings. The van der Waals surface area contributed by atoms with Gasteiger partial charge in [0.2, 0.25) is 5.88 Å². The van der Waals surface area contributed by atoms with Crippen LogP contribution in [0.3, 0.4) is 0 Å². The number of pyridine rings is 1. The number of fused-ring (bicyclic) bond motifs is 3. The molecule has 3 unspecified atom stereocenters. The first kappa shape index (κ1) is 25.3. The molecule has 0 spiro atoms. The topological polar surface area (TPSA) is 85.7 Å². The molecule has 8 nitrogen and oxygen atoms in total. The zero-order valence-electron chi connectivity index (χ0n) is 22.8. The Morgan fingerprint density at radius 1 is 1.13 bits per heavy atom. The van der Waals surface area contributed by atoms with Gasteiger partial charge in [0, 0.05) is 61.8 Å². The Hall–Kier alpha value is -2.70. The van der Waals surface area contributed by atoms with Crippen molar-refractivity contribution in [3.05, 3.63) is 52.6 Å². The van der Waals surface area contributed by atoms with Crippen molar-refractivity contribution in [3.8, 4) is 11.9 Å². The first-order valence-electron chi connectivity index (χ1n) is 14.9. The van der Waals surface area contributed by atoms with E-state index in [0.29, 0.717) is 42.7 Å². The number of ether oxygens (including phenoxy) is 2. The van der Waals surface area contributed by atoms with Crippen molar-refractivity contribution in [1.29, 1.82) is 5.26 Å². The van der Waals surface area contributed by atoms with E-state index in [1.54, 1.807) is 0 Å². The summed E-state index contributed by atoms with van der Waals surface area (Å²) in [6, 6.07) is 14.6. The van der Waals surface area contributed by atoms with Crippen LogP contribution in [-0.4, -0.2) is 80.6 Å². The maximum absolute atomic E-state index is 10.3. The van der Waals surface area contributed by atoms with E-state index in [0.717, 1.165) is 70.2 Å². The molecule has 5 heterocycles. The number of benzene rings is 1. The molecule has 1 saturated carbocycles. The first-order valence-corrected chi connectivity index (χ1v) is 14.9. The lowest BCUT2D eigenvalue weighted by Gasteiger charge is -2.43. The number of hydrogen-bond donors (Lipinski definition) is 2. The number of nitrogens with zero attached hydrogens (tertiary/aromatic N) is 4. The highest BCUT2D eigenvalue weighted by Crippen LogP contribution is 2.47. The monoisotopic (exact) mass is 528 g/mol. The molecular weight excluding hydrogens is 488 g/mol. The molecule has 1 aromatic heterocycles. The lowest BCUT2D eigenvalue weighted by atomic mass is 9.93. The average Bonchev–Trinajstić information content (AvgIpc) is 3.63. The number of nitriles is 1. The quantitative estimate of drug-likeness (QED) is 0.541. The van der Waals surface area contributed by atoms with E-state index < -0.39 is 0 Å². The summed E-state index contributed by atoms with van der Waals surface area (Å²) in [5, 5.41) is 17.7. The molecule has 3 atom stereocenters. The van der Waals surface area contributed by atoms with Gasteiger partial charge in [-0.25, -0.2) is 0 Å². The smallest absolute Gasteiger partial charge is 0.234 e. The van der Waals surface area contributed by atoms with Crippen molar-refractivity contribution < 1.29 is 9.47 Å². The van der Waals surface area contributed by atoms with Crippen LogP contribution in [0.15, 0.2) is 30.3 Å². The van der Waals surface area contributed by atoms with Crippen LogP contribution in [0.5, 0.6) is 5.88 Å². The van der Waals surface area contributed by atoms with Crippen molar-refractivity contribution in [3.63, 3.8) is 0 Å². The molecular formula is C31H40N6O2. The lowest BCUT2D eigenvalue weighted by Crippen LogP contribution is -2.59. The van der Waals surface area contributed by atoms with Gasteiger partial charge < -0.3 is 25.0 Å². The van der Waals surface area contributed by atoms with Crippen LogP contribution in [-0.2, 0) is 24.1 Å². The predicted molar refractivity (Wildman–Crippen MR) is 150 cm³/mol. The summed E-state index contributed by atoms with van der Waals surface area (Å²) < 4.78 is 12.1. The number of anilines is 1. The van der Waals surface area contributed by atoms with Crippen LogP contribution in [0.25, 0.3) is 0 Å². The normalized spacial score (nSPS) is 27.6. The second-order valence-electron chi connectivity index (χ2n) is 12.2. The Kier molecular flexibility index (Phi) is 6.94. The number of rotatable bonds is 8. The van der Waals surface area contributed by atoms with Crippen molar-refractivity contribution >= 4 is 5.82 Å². The highest BCUT2D eigenvalue weighted by molar-refractivity contribution is 5.62. The third kappa shape index (κ3) is 5.14. The molecule has 2 bridgehead atoms. The number of hydrogen-bond acceptors (Lipinski definition) is 8. The summed E-state index contributed by atoms with van der Waals surface area (Å²) in [5.74, 6) is 1.59. The van der Waals surface area contributed by atoms with Gasteiger partial charge in [-0.2, -0.15) is 10.2 Å². The summed E-state index contributed by atoms with van der Waals surface area (Å²) in [7, 11) is 0. The minimum Gasteiger partial charge on any atom is -0.476 e. The summed E-state index contributed by atoms with van der Waals surface area (Å²) in [6.07, 6.45) is 6.63. The van der Waals surface area contributed by atoms with Crippen LogP contribution in [0, 0.1) is 16.7 Å². The third-order valence-electron chi connectivity index (χ3n) is 9.58. The van der Waals surface area contributed by atoms with E-state index >= 15 is 0 Å². The number of aromatic nitrogens is 1. The van der Waals surface area contributed by atoms with E-state index in [4.69, 9.17) is 14.5 Å². The number of nitrogens with one attached hydrogen (secondary N) is 2. The molecule has 206 valence electrons. The second-order valence-corrected chi connectivity index (χ2v) is 12.2. The fourth-order valence-electron chi connectivity index (χ4n) is 7.20. The molecule has 4 aliphatic heterocycles. The van der Waals surface area contributed by atoms with Crippen molar-refractivity contribution in [2.45, 2.75) is 63.2 Å². The van der Waals surface area contributed by atoms with E-state index in [9.17, 15) is 5.26 Å². The van der Waals surface area contributed by atoms with Gasteiger partial charge in [-0.1, -0.05) is 30.3 Å². The Balaban J connectivity index is 1.20. The van der Waals surface area contributed by atoms with Crippen molar-refractivity contribution in [2.75, 3.05) is 57.4 Å². The van der Waals surface area contributed by atoms with E-state index in [1.807, 2.05) is 0 Å². The molecule has 0 radical (unpaired) electrons. The molecule has 39 heavy (non-hydrogen) atoms. The van der Waals surface area contributed by atoms with Crippen LogP contribution in [0.2, 0.25) is 0 Å². The maximum atomic E-state index is 10.3. The minimum absolute atomic E-state index is 0.171. The lowest BCUT2D eigenvalue weighted by molar-refractivity contribution is 0.0233. The summed E-state index contributed by atoms with van der Waals surface area (Å²) in [6.45, 7) is 7.84. The van der Waals surface area contributed by atoms with Gasteiger partial charge in [0.05, 0.1) is 19.8 Å². The SMILES string of the molecule is N#Cc1c(OCC2(CN3CCOCC3)CC2)nc(N2CC3CCC(N3)C2Cc2ccccc2)c2c1CNCC2. The molecule has 1 aliphatic carbocycles.